The Bertz CT molecular complexity index is 769. The minimum atomic E-state index is -0.447. The van der Waals surface area contributed by atoms with Crippen molar-refractivity contribution in [2.45, 2.75) is 26.2 Å². The van der Waals surface area contributed by atoms with Gasteiger partial charge in [0.15, 0.2) is 0 Å². The van der Waals surface area contributed by atoms with Crippen molar-refractivity contribution < 1.29 is 23.9 Å². The molecule has 1 aromatic carbocycles. The standard InChI is InChI=1S/C20H25ClN2O5/c1-3-28-20(26)13-5-4-8-22(11-13)19(25)14-9-18(24)23(12-14)16-10-15(21)6-7-17(16)27-2/h6-7,10,13-14H,3-5,8-9,11-12H2,1-2H3. The van der Waals surface area contributed by atoms with Gasteiger partial charge in [0.2, 0.25) is 11.8 Å². The molecule has 0 saturated carbocycles. The Labute approximate surface area is 169 Å². The number of amides is 2. The Morgan fingerprint density at radius 2 is 2.04 bits per heavy atom. The lowest BCUT2D eigenvalue weighted by Gasteiger charge is -2.33. The molecule has 2 amide bonds. The van der Waals surface area contributed by atoms with E-state index < -0.39 is 5.92 Å². The molecule has 2 fully saturated rings. The Morgan fingerprint density at radius 3 is 2.75 bits per heavy atom. The molecule has 152 valence electrons. The first-order valence-corrected chi connectivity index (χ1v) is 9.91. The number of benzene rings is 1. The fraction of sp³-hybridized carbons (Fsp3) is 0.550. The molecule has 1 aromatic rings. The molecule has 0 N–H and O–H groups in total. The number of carbonyl (C=O) groups is 3. The highest BCUT2D eigenvalue weighted by molar-refractivity contribution is 6.31. The number of likely N-dealkylation sites (tertiary alicyclic amines) is 1. The minimum absolute atomic E-state index is 0.0918. The number of hydrogen-bond acceptors (Lipinski definition) is 5. The van der Waals surface area contributed by atoms with Crippen molar-refractivity contribution in [3.8, 4) is 5.75 Å². The average molecular weight is 409 g/mol. The molecule has 2 aliphatic heterocycles. The zero-order chi connectivity index (χ0) is 20.3. The average Bonchev–Trinajstić information content (AvgIpc) is 3.09. The first kappa shape index (κ1) is 20.5. The van der Waals surface area contributed by atoms with Crippen molar-refractivity contribution in [3.63, 3.8) is 0 Å². The van der Waals surface area contributed by atoms with Gasteiger partial charge in [-0.2, -0.15) is 0 Å². The van der Waals surface area contributed by atoms with Crippen LogP contribution in [0.25, 0.3) is 0 Å². The van der Waals surface area contributed by atoms with Crippen LogP contribution in [0.4, 0.5) is 5.69 Å². The Kier molecular flexibility index (Phi) is 6.44. The molecule has 2 atom stereocenters. The first-order chi connectivity index (χ1) is 13.4. The van der Waals surface area contributed by atoms with Gasteiger partial charge in [0.05, 0.1) is 31.2 Å². The van der Waals surface area contributed by atoms with Gasteiger partial charge in [-0.25, -0.2) is 0 Å². The van der Waals surface area contributed by atoms with Gasteiger partial charge in [-0.1, -0.05) is 11.6 Å². The third-order valence-electron chi connectivity index (χ3n) is 5.26. The number of halogens is 1. The number of esters is 1. The molecule has 2 unspecified atom stereocenters. The maximum Gasteiger partial charge on any atom is 0.310 e. The van der Waals surface area contributed by atoms with Crippen LogP contribution < -0.4 is 9.64 Å². The highest BCUT2D eigenvalue weighted by Gasteiger charge is 2.40. The topological polar surface area (TPSA) is 76.2 Å². The number of carbonyl (C=O) groups excluding carboxylic acids is 3. The molecule has 2 heterocycles. The summed E-state index contributed by atoms with van der Waals surface area (Å²) in [5.74, 6) is -0.696. The predicted octanol–water partition coefficient (Wildman–Crippen LogP) is 2.50. The van der Waals surface area contributed by atoms with Crippen molar-refractivity contribution in [1.29, 1.82) is 0 Å². The van der Waals surface area contributed by atoms with Crippen molar-refractivity contribution in [1.82, 2.24) is 4.90 Å². The van der Waals surface area contributed by atoms with Gasteiger partial charge >= 0.3 is 5.97 Å². The van der Waals surface area contributed by atoms with Gasteiger partial charge in [-0.3, -0.25) is 14.4 Å². The number of rotatable bonds is 5. The van der Waals surface area contributed by atoms with Crippen LogP contribution in [0.3, 0.4) is 0 Å². The van der Waals surface area contributed by atoms with E-state index in [1.165, 1.54) is 7.11 Å². The van der Waals surface area contributed by atoms with Crippen LogP contribution in [0.15, 0.2) is 18.2 Å². The molecule has 8 heteroatoms. The van der Waals surface area contributed by atoms with Crippen LogP contribution in [0, 0.1) is 11.8 Å². The van der Waals surface area contributed by atoms with E-state index in [1.54, 1.807) is 34.9 Å². The highest BCUT2D eigenvalue weighted by Crippen LogP contribution is 2.36. The van der Waals surface area contributed by atoms with Crippen molar-refractivity contribution in [3.05, 3.63) is 23.2 Å². The van der Waals surface area contributed by atoms with E-state index in [9.17, 15) is 14.4 Å². The summed E-state index contributed by atoms with van der Waals surface area (Å²) in [6.07, 6.45) is 1.61. The number of piperidine rings is 1. The molecular formula is C20H25ClN2O5. The van der Waals surface area contributed by atoms with E-state index in [4.69, 9.17) is 21.1 Å². The zero-order valence-electron chi connectivity index (χ0n) is 16.2. The van der Waals surface area contributed by atoms with Gasteiger partial charge < -0.3 is 19.3 Å². The smallest absolute Gasteiger partial charge is 0.310 e. The molecule has 7 nitrogen and oxygen atoms in total. The number of hydrogen-bond donors (Lipinski definition) is 0. The lowest BCUT2D eigenvalue weighted by molar-refractivity contribution is -0.152. The van der Waals surface area contributed by atoms with E-state index in [0.29, 0.717) is 36.2 Å². The number of nitrogens with zero attached hydrogens (tertiary/aromatic N) is 2. The first-order valence-electron chi connectivity index (χ1n) is 9.54. The summed E-state index contributed by atoms with van der Waals surface area (Å²) in [5, 5.41) is 0.492. The maximum absolute atomic E-state index is 13.0. The summed E-state index contributed by atoms with van der Waals surface area (Å²) in [6, 6.07) is 5.06. The Balaban J connectivity index is 1.70. The van der Waals surface area contributed by atoms with Gasteiger partial charge in [0.1, 0.15) is 5.75 Å². The summed E-state index contributed by atoms with van der Waals surface area (Å²) in [7, 11) is 1.53. The molecular weight excluding hydrogens is 384 g/mol. The fourth-order valence-electron chi connectivity index (χ4n) is 3.87. The second-order valence-electron chi connectivity index (χ2n) is 7.10. The molecule has 3 rings (SSSR count). The van der Waals surface area contributed by atoms with E-state index in [2.05, 4.69) is 0 Å². The largest absolute Gasteiger partial charge is 0.495 e. The number of ether oxygens (including phenoxy) is 2. The summed E-state index contributed by atoms with van der Waals surface area (Å²) in [5.41, 5.74) is 0.568. The Hall–Kier alpha value is -2.28. The highest BCUT2D eigenvalue weighted by atomic mass is 35.5. The molecule has 0 radical (unpaired) electrons. The molecule has 0 spiro atoms. The SMILES string of the molecule is CCOC(=O)C1CCCN(C(=O)C2CC(=O)N(c3cc(Cl)ccc3OC)C2)C1. The van der Waals surface area contributed by atoms with Crippen LogP contribution in [-0.2, 0) is 19.1 Å². The van der Waals surface area contributed by atoms with Crippen LogP contribution in [0.1, 0.15) is 26.2 Å². The quantitative estimate of drug-likeness (QED) is 0.700. The van der Waals surface area contributed by atoms with Crippen LogP contribution >= 0.6 is 11.6 Å². The summed E-state index contributed by atoms with van der Waals surface area (Å²) in [4.78, 5) is 40.9. The van der Waals surface area contributed by atoms with Gasteiger partial charge in [0, 0.05) is 31.1 Å². The summed E-state index contributed by atoms with van der Waals surface area (Å²) in [6.45, 7) is 3.32. The maximum atomic E-state index is 13.0. The third kappa shape index (κ3) is 4.24. The van der Waals surface area contributed by atoms with Crippen LogP contribution in [0.2, 0.25) is 5.02 Å². The lowest BCUT2D eigenvalue weighted by Crippen LogP contribution is -2.45. The van der Waals surface area contributed by atoms with Gasteiger partial charge in [-0.15, -0.1) is 0 Å². The van der Waals surface area contributed by atoms with Gasteiger partial charge in [0.25, 0.3) is 0 Å². The van der Waals surface area contributed by atoms with Gasteiger partial charge in [-0.05, 0) is 38.0 Å². The van der Waals surface area contributed by atoms with Crippen molar-refractivity contribution >= 4 is 35.1 Å². The van der Waals surface area contributed by atoms with E-state index in [-0.39, 0.29) is 36.7 Å². The van der Waals surface area contributed by atoms with E-state index in [0.717, 1.165) is 12.8 Å². The normalized spacial score (nSPS) is 22.3. The Morgan fingerprint density at radius 1 is 1.25 bits per heavy atom. The van der Waals surface area contributed by atoms with E-state index >= 15 is 0 Å². The van der Waals surface area contributed by atoms with Crippen molar-refractivity contribution in [2.75, 3.05) is 38.3 Å². The number of methoxy groups -OCH3 is 1. The molecule has 2 aliphatic rings. The molecule has 0 aliphatic carbocycles. The van der Waals surface area contributed by atoms with Crippen LogP contribution in [0.5, 0.6) is 5.75 Å². The zero-order valence-corrected chi connectivity index (χ0v) is 16.9. The molecule has 2 saturated heterocycles. The summed E-state index contributed by atoms with van der Waals surface area (Å²) >= 11 is 6.08. The van der Waals surface area contributed by atoms with Crippen molar-refractivity contribution in [2.24, 2.45) is 11.8 Å². The second kappa shape index (κ2) is 8.82. The predicted molar refractivity (Wildman–Crippen MR) is 104 cm³/mol. The number of anilines is 1. The third-order valence-corrected chi connectivity index (χ3v) is 5.49. The fourth-order valence-corrected chi connectivity index (χ4v) is 4.03. The second-order valence-corrected chi connectivity index (χ2v) is 7.53. The molecule has 0 aromatic heterocycles. The molecule has 28 heavy (non-hydrogen) atoms. The molecule has 0 bridgehead atoms. The summed E-state index contributed by atoms with van der Waals surface area (Å²) < 4.78 is 10.4. The minimum Gasteiger partial charge on any atom is -0.495 e. The monoisotopic (exact) mass is 408 g/mol. The van der Waals surface area contributed by atoms with E-state index in [1.807, 2.05) is 0 Å². The van der Waals surface area contributed by atoms with Crippen LogP contribution in [-0.4, -0.2) is 56.0 Å². The lowest BCUT2D eigenvalue weighted by atomic mass is 9.96.